The van der Waals surface area contributed by atoms with Crippen molar-refractivity contribution < 1.29 is 13.2 Å². The van der Waals surface area contributed by atoms with Crippen molar-refractivity contribution in [2.24, 2.45) is 0 Å². The number of carbonyl (C=O) groups excluding carboxylic acids is 1. The third-order valence-electron chi connectivity index (χ3n) is 4.07. The first-order chi connectivity index (χ1) is 12.2. The Morgan fingerprint density at radius 1 is 1.15 bits per heavy atom. The molecule has 0 atom stereocenters. The molecular weight excluding hydrogens is 350 g/mol. The number of sulfone groups is 1. The number of rotatable bonds is 7. The van der Waals surface area contributed by atoms with Crippen LogP contribution in [0.4, 0.5) is 0 Å². The summed E-state index contributed by atoms with van der Waals surface area (Å²) in [6.07, 6.45) is 4.57. The maximum atomic E-state index is 13.2. The summed E-state index contributed by atoms with van der Waals surface area (Å²) in [5.74, 6) is -0.182. The van der Waals surface area contributed by atoms with E-state index in [2.05, 4.69) is 4.98 Å². The molecular formula is C19H25N3O3S. The van der Waals surface area contributed by atoms with Crippen molar-refractivity contribution in [1.29, 1.82) is 0 Å². The zero-order valence-electron chi connectivity index (χ0n) is 15.6. The first-order valence-electron chi connectivity index (χ1n) is 8.32. The SMILES string of the molecule is Cc1ccc(S(C)(=O)=O)cc1C(=O)N(CCN(C)C)Cc1cccnc1. The van der Waals surface area contributed by atoms with Gasteiger partial charge < -0.3 is 9.80 Å². The molecule has 0 radical (unpaired) electrons. The zero-order valence-corrected chi connectivity index (χ0v) is 16.5. The highest BCUT2D eigenvalue weighted by Crippen LogP contribution is 2.18. The van der Waals surface area contributed by atoms with E-state index in [1.54, 1.807) is 23.4 Å². The summed E-state index contributed by atoms with van der Waals surface area (Å²) in [5.41, 5.74) is 2.09. The summed E-state index contributed by atoms with van der Waals surface area (Å²) in [5, 5.41) is 0. The van der Waals surface area contributed by atoms with Crippen LogP contribution < -0.4 is 0 Å². The highest BCUT2D eigenvalue weighted by Gasteiger charge is 2.20. The van der Waals surface area contributed by atoms with E-state index in [1.807, 2.05) is 38.1 Å². The van der Waals surface area contributed by atoms with Gasteiger partial charge in [-0.15, -0.1) is 0 Å². The highest BCUT2D eigenvalue weighted by atomic mass is 32.2. The van der Waals surface area contributed by atoms with Crippen molar-refractivity contribution in [1.82, 2.24) is 14.8 Å². The number of hydrogen-bond donors (Lipinski definition) is 0. The molecule has 26 heavy (non-hydrogen) atoms. The molecule has 0 fully saturated rings. The molecule has 2 rings (SSSR count). The summed E-state index contributed by atoms with van der Waals surface area (Å²) in [6, 6.07) is 8.44. The van der Waals surface area contributed by atoms with E-state index in [0.29, 0.717) is 25.2 Å². The van der Waals surface area contributed by atoms with Gasteiger partial charge in [0.05, 0.1) is 4.90 Å². The third kappa shape index (κ3) is 5.37. The number of aryl methyl sites for hydroxylation is 1. The zero-order chi connectivity index (χ0) is 19.3. The van der Waals surface area contributed by atoms with Gasteiger partial charge in [-0.25, -0.2) is 8.42 Å². The van der Waals surface area contributed by atoms with Crippen LogP contribution in [0.15, 0.2) is 47.6 Å². The first-order valence-corrected chi connectivity index (χ1v) is 10.2. The normalized spacial score (nSPS) is 11.6. The van der Waals surface area contributed by atoms with Crippen molar-refractivity contribution in [3.63, 3.8) is 0 Å². The summed E-state index contributed by atoms with van der Waals surface area (Å²) >= 11 is 0. The van der Waals surface area contributed by atoms with E-state index in [4.69, 9.17) is 0 Å². The van der Waals surface area contributed by atoms with Gasteiger partial charge in [0.15, 0.2) is 9.84 Å². The summed E-state index contributed by atoms with van der Waals surface area (Å²) in [4.78, 5) is 21.1. The predicted molar refractivity (Wildman–Crippen MR) is 102 cm³/mol. The lowest BCUT2D eigenvalue weighted by atomic mass is 10.1. The molecule has 0 spiro atoms. The van der Waals surface area contributed by atoms with Gasteiger partial charge in [0, 0.05) is 43.8 Å². The smallest absolute Gasteiger partial charge is 0.254 e. The maximum absolute atomic E-state index is 13.2. The predicted octanol–water partition coefficient (Wildman–Crippen LogP) is 2.00. The Balaban J connectivity index is 2.36. The molecule has 0 aliphatic heterocycles. The molecule has 0 saturated carbocycles. The van der Waals surface area contributed by atoms with Crippen LogP contribution in [0.3, 0.4) is 0 Å². The van der Waals surface area contributed by atoms with E-state index in [-0.39, 0.29) is 10.8 Å². The van der Waals surface area contributed by atoms with Crippen molar-refractivity contribution in [3.05, 3.63) is 59.4 Å². The van der Waals surface area contributed by atoms with Crippen LogP contribution >= 0.6 is 0 Å². The molecule has 0 bridgehead atoms. The summed E-state index contributed by atoms with van der Waals surface area (Å²) < 4.78 is 23.7. The van der Waals surface area contributed by atoms with Gasteiger partial charge >= 0.3 is 0 Å². The molecule has 2 aromatic rings. The fourth-order valence-corrected chi connectivity index (χ4v) is 3.16. The lowest BCUT2D eigenvalue weighted by Crippen LogP contribution is -2.36. The largest absolute Gasteiger partial charge is 0.333 e. The third-order valence-corrected chi connectivity index (χ3v) is 5.18. The Hall–Kier alpha value is -2.25. The molecule has 6 nitrogen and oxygen atoms in total. The number of hydrogen-bond acceptors (Lipinski definition) is 5. The summed E-state index contributed by atoms with van der Waals surface area (Å²) in [7, 11) is 0.518. The Bertz CT molecular complexity index is 865. The van der Waals surface area contributed by atoms with Crippen LogP contribution in [0, 0.1) is 6.92 Å². The average Bonchev–Trinajstić information content (AvgIpc) is 2.58. The van der Waals surface area contributed by atoms with Crippen molar-refractivity contribution in [3.8, 4) is 0 Å². The molecule has 1 aromatic carbocycles. The Morgan fingerprint density at radius 2 is 1.88 bits per heavy atom. The lowest BCUT2D eigenvalue weighted by molar-refractivity contribution is 0.0731. The molecule has 1 amide bonds. The molecule has 140 valence electrons. The van der Waals surface area contributed by atoms with Gasteiger partial charge in [-0.2, -0.15) is 0 Å². The molecule has 0 saturated heterocycles. The van der Waals surface area contributed by atoms with Gasteiger partial charge in [0.25, 0.3) is 5.91 Å². The van der Waals surface area contributed by atoms with E-state index < -0.39 is 9.84 Å². The molecule has 1 aromatic heterocycles. The Labute approximate surface area is 155 Å². The standard InChI is InChI=1S/C19H25N3O3S/c1-15-7-8-17(26(4,24)25)12-18(15)19(23)22(11-10-21(2)3)14-16-6-5-9-20-13-16/h5-9,12-13H,10-11,14H2,1-4H3. The van der Waals surface area contributed by atoms with Crippen LogP contribution in [-0.2, 0) is 16.4 Å². The average molecular weight is 375 g/mol. The molecule has 7 heteroatoms. The molecule has 0 aliphatic carbocycles. The van der Waals surface area contributed by atoms with Crippen LogP contribution in [-0.4, -0.2) is 62.5 Å². The number of amides is 1. The highest BCUT2D eigenvalue weighted by molar-refractivity contribution is 7.90. The van der Waals surface area contributed by atoms with Crippen LogP contribution in [0.2, 0.25) is 0 Å². The van der Waals surface area contributed by atoms with Gasteiger partial charge in [0.2, 0.25) is 0 Å². The van der Waals surface area contributed by atoms with Crippen LogP contribution in [0.1, 0.15) is 21.5 Å². The first kappa shape index (κ1) is 20.1. The fourth-order valence-electron chi connectivity index (χ4n) is 2.52. The second-order valence-corrected chi connectivity index (χ2v) is 8.66. The van der Waals surface area contributed by atoms with E-state index in [0.717, 1.165) is 17.4 Å². The summed E-state index contributed by atoms with van der Waals surface area (Å²) in [6.45, 7) is 3.47. The van der Waals surface area contributed by atoms with Gasteiger partial charge in [-0.1, -0.05) is 12.1 Å². The Kier molecular flexibility index (Phi) is 6.50. The number of carbonyl (C=O) groups is 1. The fraction of sp³-hybridized carbons (Fsp3) is 0.368. The number of benzene rings is 1. The van der Waals surface area contributed by atoms with Crippen LogP contribution in [0.5, 0.6) is 0 Å². The minimum absolute atomic E-state index is 0.153. The topological polar surface area (TPSA) is 70.6 Å². The number of nitrogens with zero attached hydrogens (tertiary/aromatic N) is 3. The molecule has 0 unspecified atom stereocenters. The minimum atomic E-state index is -3.37. The second kappa shape index (κ2) is 8.42. The minimum Gasteiger partial charge on any atom is -0.333 e. The number of pyridine rings is 1. The van der Waals surface area contributed by atoms with Crippen molar-refractivity contribution in [2.45, 2.75) is 18.4 Å². The lowest BCUT2D eigenvalue weighted by Gasteiger charge is -2.25. The van der Waals surface area contributed by atoms with Crippen molar-refractivity contribution >= 4 is 15.7 Å². The van der Waals surface area contributed by atoms with Crippen LogP contribution in [0.25, 0.3) is 0 Å². The molecule has 1 heterocycles. The monoisotopic (exact) mass is 375 g/mol. The quantitative estimate of drug-likeness (QED) is 0.740. The Morgan fingerprint density at radius 3 is 2.46 bits per heavy atom. The van der Waals surface area contributed by atoms with Gasteiger partial charge in [-0.05, 0) is 50.3 Å². The van der Waals surface area contributed by atoms with Gasteiger partial charge in [0.1, 0.15) is 0 Å². The van der Waals surface area contributed by atoms with E-state index >= 15 is 0 Å². The molecule has 0 N–H and O–H groups in total. The maximum Gasteiger partial charge on any atom is 0.254 e. The van der Waals surface area contributed by atoms with Crippen molar-refractivity contribution in [2.75, 3.05) is 33.4 Å². The second-order valence-electron chi connectivity index (χ2n) is 6.64. The van der Waals surface area contributed by atoms with E-state index in [1.165, 1.54) is 12.1 Å². The van der Waals surface area contributed by atoms with E-state index in [9.17, 15) is 13.2 Å². The van der Waals surface area contributed by atoms with Gasteiger partial charge in [-0.3, -0.25) is 9.78 Å². The number of likely N-dealkylation sites (N-methyl/N-ethyl adjacent to an activating group) is 1. The molecule has 0 aliphatic rings. The number of aromatic nitrogens is 1.